The fourth-order valence-electron chi connectivity index (χ4n) is 4.11. The number of nitrogens with zero attached hydrogens (tertiary/aromatic N) is 2. The van der Waals surface area contributed by atoms with Crippen molar-refractivity contribution in [2.45, 2.75) is 6.54 Å². The Balaban J connectivity index is 0.000000420. The van der Waals surface area contributed by atoms with Crippen LogP contribution < -0.4 is 9.13 Å². The lowest BCUT2D eigenvalue weighted by molar-refractivity contribution is -0.671. The number of rotatable bonds is 5. The van der Waals surface area contributed by atoms with Crippen molar-refractivity contribution in [2.24, 2.45) is 7.05 Å². The molecule has 2 nitrogen and oxygen atoms in total. The van der Waals surface area contributed by atoms with Crippen molar-refractivity contribution in [3.63, 3.8) is 0 Å². The smallest absolute Gasteiger partial charge is 0.418 e. The van der Waals surface area contributed by atoms with Crippen LogP contribution in [0.25, 0.3) is 33.6 Å². The number of hydrogen-bond donors (Lipinski definition) is 0. The van der Waals surface area contributed by atoms with Gasteiger partial charge in [-0.1, -0.05) is 66.7 Å². The quantitative estimate of drug-likeness (QED) is 0.111. The maximum absolute atomic E-state index is 9.75. The first-order valence-corrected chi connectivity index (χ1v) is 12.7. The lowest BCUT2D eigenvalue weighted by Crippen LogP contribution is -2.39. The van der Waals surface area contributed by atoms with E-state index < -0.39 is 14.5 Å². The van der Waals surface area contributed by atoms with Gasteiger partial charge in [-0.05, 0) is 35.4 Å². The number of aromatic nitrogens is 2. The summed E-state index contributed by atoms with van der Waals surface area (Å²) in [5.41, 5.74) is 8.55. The van der Waals surface area contributed by atoms with Crippen molar-refractivity contribution in [2.75, 3.05) is 0 Å². The zero-order valence-electron chi connectivity index (χ0n) is 22.4. The molecule has 12 heteroatoms. The number of pyridine rings is 2. The van der Waals surface area contributed by atoms with E-state index in [1.165, 1.54) is 39.2 Å². The van der Waals surface area contributed by atoms with Gasteiger partial charge in [0.25, 0.3) is 0 Å². The fraction of sp³-hybridized carbons (Fsp3) is 0.0667. The molecule has 3 aromatic carbocycles. The Morgan fingerprint density at radius 1 is 0.476 bits per heavy atom. The van der Waals surface area contributed by atoms with Gasteiger partial charge in [-0.3, -0.25) is 0 Å². The maximum atomic E-state index is 9.75. The van der Waals surface area contributed by atoms with Gasteiger partial charge in [0.05, 0.1) is 0 Å². The first kappa shape index (κ1) is 32.0. The molecule has 0 unspecified atom stereocenters. The third-order valence-corrected chi connectivity index (χ3v) is 5.80. The van der Waals surface area contributed by atoms with Crippen molar-refractivity contribution < 1.29 is 43.7 Å². The van der Waals surface area contributed by atoms with Gasteiger partial charge in [0, 0.05) is 41.0 Å². The van der Waals surface area contributed by atoms with Crippen LogP contribution >= 0.6 is 0 Å². The Bertz CT molecular complexity index is 1450. The molecule has 42 heavy (non-hydrogen) atoms. The van der Waals surface area contributed by atoms with Crippen molar-refractivity contribution >= 4 is 14.5 Å². The number of hydrogen-bond acceptors (Lipinski definition) is 0. The van der Waals surface area contributed by atoms with E-state index in [1.54, 1.807) is 0 Å². The van der Waals surface area contributed by atoms with Gasteiger partial charge in [0.1, 0.15) is 7.05 Å². The average molecular weight is 588 g/mol. The van der Waals surface area contributed by atoms with E-state index in [-0.39, 0.29) is 0 Å². The molecule has 0 radical (unpaired) electrons. The monoisotopic (exact) mass is 588 g/mol. The minimum absolute atomic E-state index is 0.805. The standard InChI is InChI=1S/C30H26N2.2BF4/c1-31-19-17-25(18-20-31)28-21-29(26-13-7-3-8-14-26)32(23-24-11-5-2-6-12-24)30(22-28)27-15-9-4-10-16-27;2*2-1(3,4)5/h2-22H,23H2,1H3;;/q+2;2*-1. The molecule has 0 amide bonds. The lowest BCUT2D eigenvalue weighted by Gasteiger charge is -2.13. The second-order valence-corrected chi connectivity index (χ2v) is 9.06. The highest BCUT2D eigenvalue weighted by Gasteiger charge is 2.23. The first-order chi connectivity index (χ1) is 19.8. The molecule has 2 heterocycles. The molecule has 5 rings (SSSR count). The minimum atomic E-state index is -6.00. The van der Waals surface area contributed by atoms with Crippen molar-refractivity contribution in [3.8, 4) is 33.6 Å². The van der Waals surface area contributed by atoms with E-state index in [1.807, 2.05) is 7.05 Å². The molecular weight excluding hydrogens is 562 g/mol. The van der Waals surface area contributed by atoms with E-state index in [0.717, 1.165) is 6.54 Å². The predicted octanol–water partition coefficient (Wildman–Crippen LogP) is 8.45. The van der Waals surface area contributed by atoms with Crippen LogP contribution in [0, 0.1) is 0 Å². The Morgan fingerprint density at radius 2 is 0.833 bits per heavy atom. The highest BCUT2D eigenvalue weighted by atomic mass is 19.5. The largest absolute Gasteiger partial charge is 0.673 e. The normalized spacial score (nSPS) is 11.1. The number of aryl methyl sites for hydroxylation is 1. The van der Waals surface area contributed by atoms with Gasteiger partial charge in [-0.25, -0.2) is 4.57 Å². The van der Waals surface area contributed by atoms with E-state index in [9.17, 15) is 34.5 Å². The summed E-state index contributed by atoms with van der Waals surface area (Å²) in [7, 11) is -9.95. The van der Waals surface area contributed by atoms with Gasteiger partial charge in [0.2, 0.25) is 11.4 Å². The SMILES string of the molecule is C[n+]1ccc(-c2cc(-c3ccccc3)[n+](Cc3ccccc3)c(-c3ccccc3)c2)cc1.F[B-](F)(F)F.F[B-](F)(F)F. The molecule has 0 saturated heterocycles. The zero-order valence-corrected chi connectivity index (χ0v) is 22.4. The molecule has 5 aromatic rings. The molecule has 218 valence electrons. The second kappa shape index (κ2) is 14.4. The third kappa shape index (κ3) is 11.2. The van der Waals surface area contributed by atoms with Gasteiger partial charge >= 0.3 is 14.5 Å². The average Bonchev–Trinajstić information content (AvgIpc) is 2.93. The minimum Gasteiger partial charge on any atom is -0.418 e. The Hall–Kier alpha value is -4.47. The second-order valence-electron chi connectivity index (χ2n) is 9.06. The molecule has 0 aliphatic rings. The Labute approximate surface area is 238 Å². The molecule has 0 fully saturated rings. The summed E-state index contributed by atoms with van der Waals surface area (Å²) in [6, 6.07) is 41.1. The van der Waals surface area contributed by atoms with Crippen LogP contribution in [0.3, 0.4) is 0 Å². The maximum Gasteiger partial charge on any atom is 0.673 e. The summed E-state index contributed by atoms with van der Waals surface area (Å²) < 4.78 is 82.5. The molecule has 0 saturated carbocycles. The predicted molar refractivity (Wildman–Crippen MR) is 150 cm³/mol. The summed E-state index contributed by atoms with van der Waals surface area (Å²) in [6.45, 7) is 0.805. The van der Waals surface area contributed by atoms with Crippen molar-refractivity contribution in [3.05, 3.63) is 133 Å². The van der Waals surface area contributed by atoms with E-state index in [0.29, 0.717) is 0 Å². The van der Waals surface area contributed by atoms with Gasteiger partial charge in [-0.2, -0.15) is 4.57 Å². The van der Waals surface area contributed by atoms with Crippen molar-refractivity contribution in [1.29, 1.82) is 0 Å². The highest BCUT2D eigenvalue weighted by Crippen LogP contribution is 2.29. The Morgan fingerprint density at radius 3 is 1.21 bits per heavy atom. The summed E-state index contributed by atoms with van der Waals surface area (Å²) in [5.74, 6) is 0. The van der Waals surface area contributed by atoms with E-state index >= 15 is 0 Å². The molecule has 0 N–H and O–H groups in total. The van der Waals surface area contributed by atoms with Crippen LogP contribution in [-0.2, 0) is 13.6 Å². The van der Waals surface area contributed by atoms with Crippen molar-refractivity contribution in [1.82, 2.24) is 0 Å². The van der Waals surface area contributed by atoms with Gasteiger partial charge in [-0.15, -0.1) is 0 Å². The first-order valence-electron chi connectivity index (χ1n) is 12.7. The molecule has 0 aliphatic heterocycles. The van der Waals surface area contributed by atoms with Crippen LogP contribution in [-0.4, -0.2) is 14.5 Å². The number of benzene rings is 3. The molecule has 0 aliphatic carbocycles. The van der Waals surface area contributed by atoms with Crippen LogP contribution in [0.5, 0.6) is 0 Å². The van der Waals surface area contributed by atoms with E-state index in [2.05, 4.69) is 137 Å². The molecule has 0 atom stereocenters. The van der Waals surface area contributed by atoms with E-state index in [4.69, 9.17) is 0 Å². The fourth-order valence-corrected chi connectivity index (χ4v) is 4.11. The lowest BCUT2D eigenvalue weighted by atomic mass is 9.99. The van der Waals surface area contributed by atoms with Crippen LogP contribution in [0.1, 0.15) is 5.56 Å². The van der Waals surface area contributed by atoms with Gasteiger partial charge in [0.15, 0.2) is 18.9 Å². The molecule has 0 bridgehead atoms. The van der Waals surface area contributed by atoms with Crippen LogP contribution in [0.15, 0.2) is 128 Å². The topological polar surface area (TPSA) is 7.76 Å². The van der Waals surface area contributed by atoms with Gasteiger partial charge < -0.3 is 34.5 Å². The summed E-state index contributed by atoms with van der Waals surface area (Å²) in [6.07, 6.45) is 4.20. The van der Waals surface area contributed by atoms with Crippen LogP contribution in [0.4, 0.5) is 34.5 Å². The zero-order chi connectivity index (χ0) is 30.8. The number of halogens is 8. The molecule has 0 spiro atoms. The third-order valence-electron chi connectivity index (χ3n) is 5.80. The Kier molecular flexibility index (Phi) is 11.0. The molecule has 2 aromatic heterocycles. The summed E-state index contributed by atoms with van der Waals surface area (Å²) in [4.78, 5) is 0. The summed E-state index contributed by atoms with van der Waals surface area (Å²) >= 11 is 0. The summed E-state index contributed by atoms with van der Waals surface area (Å²) in [5, 5.41) is 0. The highest BCUT2D eigenvalue weighted by molar-refractivity contribution is 6.50. The van der Waals surface area contributed by atoms with Crippen LogP contribution in [0.2, 0.25) is 0 Å². The molecular formula is C30H26B2F8N2.